The van der Waals surface area contributed by atoms with Crippen LogP contribution < -0.4 is 9.80 Å². The van der Waals surface area contributed by atoms with Gasteiger partial charge in [-0.05, 0) is 49.6 Å². The Balaban J connectivity index is 1.73. The number of rotatable bonds is 2. The lowest BCUT2D eigenvalue weighted by Gasteiger charge is -2.28. The maximum Gasteiger partial charge on any atom is 0.260 e. The fourth-order valence-corrected chi connectivity index (χ4v) is 4.37. The Labute approximate surface area is 170 Å². The van der Waals surface area contributed by atoms with Crippen LogP contribution in [0.3, 0.4) is 0 Å². The number of fused-ring (bicyclic) bond motifs is 1. The SMILES string of the molecule is C[C@@H]1C(=O)N(C)Cc2ccccc2N1C(=O)c1ccc(N2CCCC2)cc1Cl. The predicted octanol–water partition coefficient (Wildman–Crippen LogP) is 3.95. The van der Waals surface area contributed by atoms with Crippen LogP contribution in [0.1, 0.15) is 35.7 Å². The Kier molecular flexibility index (Phi) is 5.02. The Morgan fingerprint density at radius 2 is 1.82 bits per heavy atom. The van der Waals surface area contributed by atoms with Crippen LogP contribution in [0.4, 0.5) is 11.4 Å². The van der Waals surface area contributed by atoms with E-state index in [4.69, 9.17) is 11.6 Å². The second-order valence-electron chi connectivity index (χ2n) is 7.53. The van der Waals surface area contributed by atoms with Gasteiger partial charge >= 0.3 is 0 Å². The molecule has 0 N–H and O–H groups in total. The van der Waals surface area contributed by atoms with E-state index in [9.17, 15) is 9.59 Å². The number of para-hydroxylation sites is 1. The minimum atomic E-state index is -0.601. The number of halogens is 1. The van der Waals surface area contributed by atoms with E-state index in [-0.39, 0.29) is 11.8 Å². The summed E-state index contributed by atoms with van der Waals surface area (Å²) in [6.45, 7) is 4.28. The number of anilines is 2. The van der Waals surface area contributed by atoms with Gasteiger partial charge in [0.25, 0.3) is 5.91 Å². The summed E-state index contributed by atoms with van der Waals surface area (Å²) in [7, 11) is 1.77. The van der Waals surface area contributed by atoms with Crippen LogP contribution in [0.2, 0.25) is 5.02 Å². The minimum absolute atomic E-state index is 0.0886. The molecule has 0 bridgehead atoms. The average Bonchev–Trinajstić information content (AvgIpc) is 3.20. The summed E-state index contributed by atoms with van der Waals surface area (Å²) in [6.07, 6.45) is 2.35. The summed E-state index contributed by atoms with van der Waals surface area (Å²) in [5, 5.41) is 0.420. The highest BCUT2D eigenvalue weighted by Gasteiger charge is 2.35. The van der Waals surface area contributed by atoms with Crippen molar-refractivity contribution in [3.63, 3.8) is 0 Å². The van der Waals surface area contributed by atoms with Crippen LogP contribution in [0, 0.1) is 0 Å². The Morgan fingerprint density at radius 1 is 1.11 bits per heavy atom. The topological polar surface area (TPSA) is 43.9 Å². The molecule has 1 fully saturated rings. The van der Waals surface area contributed by atoms with Crippen molar-refractivity contribution < 1.29 is 9.59 Å². The fraction of sp³-hybridized carbons (Fsp3) is 0.364. The second kappa shape index (κ2) is 7.47. The van der Waals surface area contributed by atoms with Crippen molar-refractivity contribution in [1.29, 1.82) is 0 Å². The van der Waals surface area contributed by atoms with E-state index in [0.717, 1.165) is 30.0 Å². The van der Waals surface area contributed by atoms with Gasteiger partial charge in [0.2, 0.25) is 5.91 Å². The minimum Gasteiger partial charge on any atom is -0.371 e. The summed E-state index contributed by atoms with van der Waals surface area (Å²) in [4.78, 5) is 31.8. The van der Waals surface area contributed by atoms with Crippen molar-refractivity contribution in [3.05, 3.63) is 58.6 Å². The number of carbonyl (C=O) groups is 2. The first-order valence-electron chi connectivity index (χ1n) is 9.68. The lowest BCUT2D eigenvalue weighted by Crippen LogP contribution is -2.46. The standard InChI is InChI=1S/C22H24ClN3O2/c1-15-21(27)24(2)14-16-7-3-4-8-20(16)26(15)22(28)18-10-9-17(13-19(18)23)25-11-5-6-12-25/h3-4,7-10,13,15H,5-6,11-12,14H2,1-2H3/t15-/m1/s1. The normalized spacial score (nSPS) is 19.6. The molecular weight excluding hydrogens is 374 g/mol. The Morgan fingerprint density at radius 3 is 2.54 bits per heavy atom. The van der Waals surface area contributed by atoms with Gasteiger partial charge in [0.15, 0.2) is 0 Å². The Bertz CT molecular complexity index is 924. The molecule has 2 aliphatic heterocycles. The predicted molar refractivity (Wildman–Crippen MR) is 112 cm³/mol. The van der Waals surface area contributed by atoms with Crippen molar-refractivity contribution >= 4 is 34.8 Å². The van der Waals surface area contributed by atoms with Crippen LogP contribution in [0.15, 0.2) is 42.5 Å². The number of nitrogens with zero attached hydrogens (tertiary/aromatic N) is 3. The van der Waals surface area contributed by atoms with Crippen molar-refractivity contribution in [3.8, 4) is 0 Å². The number of benzene rings is 2. The van der Waals surface area contributed by atoms with E-state index in [2.05, 4.69) is 4.90 Å². The first-order chi connectivity index (χ1) is 13.5. The molecule has 2 amide bonds. The van der Waals surface area contributed by atoms with Crippen LogP contribution in [0.5, 0.6) is 0 Å². The molecule has 28 heavy (non-hydrogen) atoms. The monoisotopic (exact) mass is 397 g/mol. The largest absolute Gasteiger partial charge is 0.371 e. The number of hydrogen-bond donors (Lipinski definition) is 0. The van der Waals surface area contributed by atoms with Gasteiger partial charge in [-0.25, -0.2) is 0 Å². The van der Waals surface area contributed by atoms with Crippen molar-refractivity contribution in [2.45, 2.75) is 32.4 Å². The third-order valence-electron chi connectivity index (χ3n) is 5.65. The van der Waals surface area contributed by atoms with E-state index in [1.807, 2.05) is 36.4 Å². The van der Waals surface area contributed by atoms with Crippen molar-refractivity contribution in [2.24, 2.45) is 0 Å². The highest BCUT2D eigenvalue weighted by molar-refractivity contribution is 6.35. The van der Waals surface area contributed by atoms with Gasteiger partial charge in [-0.1, -0.05) is 29.8 Å². The van der Waals surface area contributed by atoms with Gasteiger partial charge in [0.05, 0.1) is 10.6 Å². The number of carbonyl (C=O) groups excluding carboxylic acids is 2. The van der Waals surface area contributed by atoms with Gasteiger partial charge in [-0.2, -0.15) is 0 Å². The quantitative estimate of drug-likeness (QED) is 0.770. The molecule has 6 heteroatoms. The summed E-state index contributed by atoms with van der Waals surface area (Å²) < 4.78 is 0. The van der Waals surface area contributed by atoms with Crippen molar-refractivity contribution in [1.82, 2.24) is 4.90 Å². The average molecular weight is 398 g/mol. The third kappa shape index (κ3) is 3.24. The zero-order chi connectivity index (χ0) is 19.8. The van der Waals surface area contributed by atoms with E-state index >= 15 is 0 Å². The molecule has 146 valence electrons. The van der Waals surface area contributed by atoms with Crippen LogP contribution in [0.25, 0.3) is 0 Å². The van der Waals surface area contributed by atoms with Crippen molar-refractivity contribution in [2.75, 3.05) is 29.9 Å². The molecule has 0 spiro atoms. The first kappa shape index (κ1) is 18.8. The molecule has 4 rings (SSSR count). The zero-order valence-electron chi connectivity index (χ0n) is 16.2. The maximum atomic E-state index is 13.5. The summed E-state index contributed by atoms with van der Waals surface area (Å²) in [6, 6.07) is 12.7. The summed E-state index contributed by atoms with van der Waals surface area (Å²) in [5.41, 5.74) is 3.17. The molecule has 1 atom stereocenters. The summed E-state index contributed by atoms with van der Waals surface area (Å²) >= 11 is 6.53. The molecule has 1 saturated heterocycles. The molecule has 0 aromatic heterocycles. The smallest absolute Gasteiger partial charge is 0.260 e. The maximum absolute atomic E-state index is 13.5. The molecule has 0 saturated carbocycles. The molecule has 2 heterocycles. The summed E-state index contributed by atoms with van der Waals surface area (Å²) in [5.74, 6) is -0.337. The lowest BCUT2D eigenvalue weighted by atomic mass is 10.1. The number of hydrogen-bond acceptors (Lipinski definition) is 3. The molecule has 0 radical (unpaired) electrons. The first-order valence-corrected chi connectivity index (χ1v) is 10.1. The lowest BCUT2D eigenvalue weighted by molar-refractivity contribution is -0.131. The highest BCUT2D eigenvalue weighted by Crippen LogP contribution is 2.32. The van der Waals surface area contributed by atoms with E-state index in [1.54, 1.807) is 29.8 Å². The van der Waals surface area contributed by atoms with E-state index < -0.39 is 6.04 Å². The second-order valence-corrected chi connectivity index (χ2v) is 7.94. The van der Waals surface area contributed by atoms with Crippen LogP contribution >= 0.6 is 11.6 Å². The van der Waals surface area contributed by atoms with Gasteiger partial charge in [0, 0.05) is 38.1 Å². The number of amides is 2. The van der Waals surface area contributed by atoms with E-state index in [1.165, 1.54) is 12.8 Å². The molecule has 2 aromatic rings. The molecule has 2 aromatic carbocycles. The fourth-order valence-electron chi connectivity index (χ4n) is 4.12. The van der Waals surface area contributed by atoms with Gasteiger partial charge in [0.1, 0.15) is 6.04 Å². The van der Waals surface area contributed by atoms with E-state index in [0.29, 0.717) is 17.1 Å². The van der Waals surface area contributed by atoms with Crippen LogP contribution in [-0.2, 0) is 11.3 Å². The van der Waals surface area contributed by atoms with Crippen LogP contribution in [-0.4, -0.2) is 42.9 Å². The molecular formula is C22H24ClN3O2. The van der Waals surface area contributed by atoms with Gasteiger partial charge < -0.3 is 9.80 Å². The Hall–Kier alpha value is -2.53. The van der Waals surface area contributed by atoms with Gasteiger partial charge in [-0.3, -0.25) is 14.5 Å². The molecule has 5 nitrogen and oxygen atoms in total. The van der Waals surface area contributed by atoms with Gasteiger partial charge in [-0.15, -0.1) is 0 Å². The third-order valence-corrected chi connectivity index (χ3v) is 5.97. The number of likely N-dealkylation sites (N-methyl/N-ethyl adjacent to an activating group) is 1. The zero-order valence-corrected chi connectivity index (χ0v) is 16.9. The molecule has 2 aliphatic rings. The highest BCUT2D eigenvalue weighted by atomic mass is 35.5. The molecule has 0 unspecified atom stereocenters. The molecule has 0 aliphatic carbocycles.